The van der Waals surface area contributed by atoms with E-state index in [2.05, 4.69) is 5.32 Å². The van der Waals surface area contributed by atoms with Gasteiger partial charge in [0.15, 0.2) is 0 Å². The van der Waals surface area contributed by atoms with Crippen LogP contribution in [0.1, 0.15) is 37.9 Å². The number of hydroxylamine groups is 1. The molecule has 2 amide bonds. The molecule has 0 bridgehead atoms. The minimum Gasteiger partial charge on any atom is -0.497 e. The van der Waals surface area contributed by atoms with E-state index >= 15 is 0 Å². The number of aliphatic hydroxyl groups excluding tert-OH is 1. The molecule has 4 N–H and O–H groups in total. The summed E-state index contributed by atoms with van der Waals surface area (Å²) in [6.07, 6.45) is 5.90. The van der Waals surface area contributed by atoms with Gasteiger partial charge in [-0.25, -0.2) is 10.3 Å². The highest BCUT2D eigenvalue weighted by atomic mass is 16.6. The molecule has 1 atom stereocenters. The normalized spacial score (nSPS) is 12.2. The summed E-state index contributed by atoms with van der Waals surface area (Å²) >= 11 is 0. The van der Waals surface area contributed by atoms with Gasteiger partial charge in [0.1, 0.15) is 24.2 Å². The van der Waals surface area contributed by atoms with Gasteiger partial charge in [-0.05, 0) is 73.7 Å². The van der Waals surface area contributed by atoms with Crippen LogP contribution in [0, 0.1) is 0 Å². The molecule has 0 fully saturated rings. The summed E-state index contributed by atoms with van der Waals surface area (Å²) in [5, 5.41) is 20.2. The van der Waals surface area contributed by atoms with Crippen LogP contribution in [0.5, 0.6) is 11.5 Å². The maximum atomic E-state index is 12.6. The lowest BCUT2D eigenvalue weighted by Gasteiger charge is -2.19. The minimum atomic E-state index is -0.588. The van der Waals surface area contributed by atoms with Crippen LogP contribution in [0.4, 0.5) is 10.5 Å². The largest absolute Gasteiger partial charge is 0.497 e. The number of ether oxygens (including phenoxy) is 3. The van der Waals surface area contributed by atoms with Crippen LogP contribution in [0.3, 0.4) is 0 Å². The minimum absolute atomic E-state index is 0.0775. The SMILES string of the molecule is COc1ccc(NC(=O)O[C@H](CCC/C=C/C(C)=C/C(=O)NO)c2ccc(OCCO)cc2)cc1. The van der Waals surface area contributed by atoms with Crippen molar-refractivity contribution in [1.82, 2.24) is 5.48 Å². The molecular weight excluding hydrogens is 452 g/mol. The molecule has 35 heavy (non-hydrogen) atoms. The van der Waals surface area contributed by atoms with Crippen molar-refractivity contribution < 1.29 is 34.1 Å². The Kier molecular flexibility index (Phi) is 11.9. The highest BCUT2D eigenvalue weighted by molar-refractivity contribution is 5.87. The number of carbonyl (C=O) groups is 2. The number of anilines is 1. The fourth-order valence-electron chi connectivity index (χ4n) is 3.16. The van der Waals surface area contributed by atoms with E-state index in [1.165, 1.54) is 6.08 Å². The first-order chi connectivity index (χ1) is 16.9. The molecule has 0 radical (unpaired) electrons. The topological polar surface area (TPSA) is 126 Å². The van der Waals surface area contributed by atoms with Crippen LogP contribution in [0.15, 0.2) is 72.3 Å². The summed E-state index contributed by atoms with van der Waals surface area (Å²) in [5.41, 5.74) is 3.65. The second kappa shape index (κ2) is 15.2. The third kappa shape index (κ3) is 10.3. The van der Waals surface area contributed by atoms with Gasteiger partial charge in [0.05, 0.1) is 13.7 Å². The third-order valence-electron chi connectivity index (χ3n) is 4.88. The van der Waals surface area contributed by atoms with E-state index in [4.69, 9.17) is 24.5 Å². The van der Waals surface area contributed by atoms with Crippen molar-refractivity contribution in [3.63, 3.8) is 0 Å². The Labute approximate surface area is 205 Å². The molecule has 0 unspecified atom stereocenters. The molecule has 188 valence electrons. The van der Waals surface area contributed by atoms with Crippen LogP contribution < -0.4 is 20.3 Å². The summed E-state index contributed by atoms with van der Waals surface area (Å²) in [6, 6.07) is 14.1. The van der Waals surface area contributed by atoms with E-state index in [0.29, 0.717) is 35.6 Å². The number of methoxy groups -OCH3 is 1. The van der Waals surface area contributed by atoms with E-state index < -0.39 is 18.1 Å². The van der Waals surface area contributed by atoms with Crippen LogP contribution in [-0.4, -0.2) is 42.6 Å². The maximum absolute atomic E-state index is 12.6. The molecule has 2 rings (SSSR count). The van der Waals surface area contributed by atoms with E-state index in [1.807, 2.05) is 18.2 Å². The van der Waals surface area contributed by atoms with Crippen molar-refractivity contribution in [2.24, 2.45) is 0 Å². The monoisotopic (exact) mass is 484 g/mol. The molecule has 0 aliphatic rings. The maximum Gasteiger partial charge on any atom is 0.412 e. The van der Waals surface area contributed by atoms with Gasteiger partial charge >= 0.3 is 6.09 Å². The van der Waals surface area contributed by atoms with Gasteiger partial charge in [-0.15, -0.1) is 0 Å². The smallest absolute Gasteiger partial charge is 0.412 e. The number of hydrogen-bond acceptors (Lipinski definition) is 7. The molecule has 9 heteroatoms. The van der Waals surface area contributed by atoms with Crippen LogP contribution >= 0.6 is 0 Å². The predicted octanol–water partition coefficient (Wildman–Crippen LogP) is 4.53. The fraction of sp³-hybridized carbons (Fsp3) is 0.308. The first kappa shape index (κ1) is 27.4. The Morgan fingerprint density at radius 1 is 1.06 bits per heavy atom. The average molecular weight is 485 g/mol. The van der Waals surface area contributed by atoms with Gasteiger partial charge < -0.3 is 19.3 Å². The Morgan fingerprint density at radius 3 is 2.37 bits per heavy atom. The number of hydrogen-bond donors (Lipinski definition) is 4. The van der Waals surface area contributed by atoms with Gasteiger partial charge in [-0.1, -0.05) is 24.3 Å². The Bertz CT molecular complexity index is 986. The highest BCUT2D eigenvalue weighted by Gasteiger charge is 2.17. The van der Waals surface area contributed by atoms with E-state index in [0.717, 1.165) is 12.0 Å². The molecule has 0 aliphatic carbocycles. The number of aliphatic hydroxyl groups is 1. The number of nitrogens with one attached hydrogen (secondary N) is 2. The number of allylic oxidation sites excluding steroid dienone is 3. The zero-order valence-electron chi connectivity index (χ0n) is 19.9. The molecule has 2 aromatic carbocycles. The average Bonchev–Trinajstić information content (AvgIpc) is 2.87. The molecule has 0 saturated heterocycles. The third-order valence-corrected chi connectivity index (χ3v) is 4.88. The second-order valence-corrected chi connectivity index (χ2v) is 7.59. The molecular formula is C26H32N2O7. The Balaban J connectivity index is 2.02. The molecule has 0 aromatic heterocycles. The summed E-state index contributed by atoms with van der Waals surface area (Å²) in [6.45, 7) is 1.87. The quantitative estimate of drug-likeness (QED) is 0.108. The van der Waals surface area contributed by atoms with Crippen molar-refractivity contribution in [2.75, 3.05) is 25.6 Å². The van der Waals surface area contributed by atoms with Gasteiger partial charge in [0.25, 0.3) is 5.91 Å². The van der Waals surface area contributed by atoms with Crippen LogP contribution in [-0.2, 0) is 9.53 Å². The van der Waals surface area contributed by atoms with Crippen molar-refractivity contribution in [1.29, 1.82) is 0 Å². The molecule has 2 aromatic rings. The lowest BCUT2D eigenvalue weighted by atomic mass is 10.0. The van der Waals surface area contributed by atoms with Gasteiger partial charge in [0, 0.05) is 11.8 Å². The van der Waals surface area contributed by atoms with Crippen molar-refractivity contribution in [3.05, 3.63) is 77.9 Å². The number of carbonyl (C=O) groups excluding carboxylic acids is 2. The summed E-state index contributed by atoms with van der Waals surface area (Å²) in [5.74, 6) is 0.705. The van der Waals surface area contributed by atoms with E-state index in [1.54, 1.807) is 62.0 Å². The van der Waals surface area contributed by atoms with Crippen LogP contribution in [0.25, 0.3) is 0 Å². The van der Waals surface area contributed by atoms with Gasteiger partial charge in [0.2, 0.25) is 0 Å². The second-order valence-electron chi connectivity index (χ2n) is 7.59. The van der Waals surface area contributed by atoms with E-state index in [-0.39, 0.29) is 13.2 Å². The molecule has 0 saturated carbocycles. The zero-order chi connectivity index (χ0) is 25.5. The van der Waals surface area contributed by atoms with Gasteiger partial charge in [-0.2, -0.15) is 0 Å². The Morgan fingerprint density at radius 2 is 1.74 bits per heavy atom. The molecule has 0 spiro atoms. The lowest BCUT2D eigenvalue weighted by molar-refractivity contribution is -0.124. The molecule has 0 aliphatic heterocycles. The summed E-state index contributed by atoms with van der Waals surface area (Å²) in [7, 11) is 1.57. The standard InChI is InChI=1S/C26H32N2O7/c1-19(18-25(30)28-32)6-4-3-5-7-24(20-8-12-23(13-9-20)34-17-16-29)35-26(31)27-21-10-14-22(33-2)15-11-21/h4,6,8-15,18,24,29,32H,3,5,7,16-17H2,1-2H3,(H,27,31)(H,28,30)/b6-4+,19-18+/t24-/m1/s1. The first-order valence-electron chi connectivity index (χ1n) is 11.2. The zero-order valence-corrected chi connectivity index (χ0v) is 19.9. The van der Waals surface area contributed by atoms with Crippen LogP contribution in [0.2, 0.25) is 0 Å². The first-order valence-corrected chi connectivity index (χ1v) is 11.2. The predicted molar refractivity (Wildman–Crippen MR) is 132 cm³/mol. The Hall–Kier alpha value is -3.82. The van der Waals surface area contributed by atoms with Crippen molar-refractivity contribution in [2.45, 2.75) is 32.3 Å². The lowest BCUT2D eigenvalue weighted by Crippen LogP contribution is -2.17. The van der Waals surface area contributed by atoms with E-state index in [9.17, 15) is 9.59 Å². The number of unbranched alkanes of at least 4 members (excludes halogenated alkanes) is 1. The van der Waals surface area contributed by atoms with Gasteiger partial charge in [-0.3, -0.25) is 15.3 Å². The highest BCUT2D eigenvalue weighted by Crippen LogP contribution is 2.27. The molecule has 0 heterocycles. The van der Waals surface area contributed by atoms with Crippen molar-refractivity contribution >= 4 is 17.7 Å². The summed E-state index contributed by atoms with van der Waals surface area (Å²) < 4.78 is 16.3. The summed E-state index contributed by atoms with van der Waals surface area (Å²) in [4.78, 5) is 23.7. The number of amides is 2. The van der Waals surface area contributed by atoms with Crippen molar-refractivity contribution in [3.8, 4) is 11.5 Å². The number of benzene rings is 2. The number of rotatable bonds is 13. The fourth-order valence-corrected chi connectivity index (χ4v) is 3.16. The molecule has 9 nitrogen and oxygen atoms in total.